The maximum atomic E-state index is 12.9. The summed E-state index contributed by atoms with van der Waals surface area (Å²) in [7, 11) is 0. The monoisotopic (exact) mass is 486 g/mol. The molecule has 8 heteroatoms. The minimum atomic E-state index is -0.465. The van der Waals surface area contributed by atoms with Crippen molar-refractivity contribution < 1.29 is 23.8 Å². The largest absolute Gasteiger partial charge is 0.490 e. The standard InChI is InChI=1S/C23H23BrN2O5/c1-4-29-20-13-16(12-19(24)22(20)31-14-21(27)30-5-2)11-18-15(3)25-26(23(18)28)17-9-7-6-8-10-17/h6-13H,4-5,14H2,1-3H3. The van der Waals surface area contributed by atoms with Gasteiger partial charge in [0.1, 0.15) is 0 Å². The molecule has 2 aromatic carbocycles. The molecular weight excluding hydrogens is 464 g/mol. The van der Waals surface area contributed by atoms with Crippen LogP contribution in [0.25, 0.3) is 6.08 Å². The maximum Gasteiger partial charge on any atom is 0.344 e. The molecule has 7 nitrogen and oxygen atoms in total. The summed E-state index contributed by atoms with van der Waals surface area (Å²) in [6.45, 7) is 5.83. The van der Waals surface area contributed by atoms with Gasteiger partial charge in [0.05, 0.1) is 34.7 Å². The Morgan fingerprint density at radius 2 is 1.87 bits per heavy atom. The van der Waals surface area contributed by atoms with E-state index >= 15 is 0 Å². The van der Waals surface area contributed by atoms with Crippen LogP contribution in [0.15, 0.2) is 57.6 Å². The molecule has 1 aliphatic rings. The summed E-state index contributed by atoms with van der Waals surface area (Å²) in [5, 5.41) is 5.78. The van der Waals surface area contributed by atoms with E-state index in [0.29, 0.717) is 39.6 Å². The van der Waals surface area contributed by atoms with Gasteiger partial charge in [-0.05, 0) is 72.6 Å². The summed E-state index contributed by atoms with van der Waals surface area (Å²) in [6.07, 6.45) is 1.76. The Labute approximate surface area is 189 Å². The van der Waals surface area contributed by atoms with Gasteiger partial charge in [0.25, 0.3) is 5.91 Å². The summed E-state index contributed by atoms with van der Waals surface area (Å²) < 4.78 is 16.8. The molecule has 3 rings (SSSR count). The molecule has 0 unspecified atom stereocenters. The van der Waals surface area contributed by atoms with Crippen LogP contribution < -0.4 is 14.5 Å². The lowest BCUT2D eigenvalue weighted by Crippen LogP contribution is -2.21. The van der Waals surface area contributed by atoms with E-state index in [9.17, 15) is 9.59 Å². The van der Waals surface area contributed by atoms with Gasteiger partial charge in [-0.15, -0.1) is 0 Å². The molecule has 0 spiro atoms. The van der Waals surface area contributed by atoms with E-state index in [-0.39, 0.29) is 19.1 Å². The molecule has 1 aliphatic heterocycles. The number of para-hydroxylation sites is 1. The van der Waals surface area contributed by atoms with Crippen molar-refractivity contribution in [2.45, 2.75) is 20.8 Å². The van der Waals surface area contributed by atoms with Gasteiger partial charge >= 0.3 is 5.97 Å². The highest BCUT2D eigenvalue weighted by atomic mass is 79.9. The predicted molar refractivity (Wildman–Crippen MR) is 122 cm³/mol. The fourth-order valence-electron chi connectivity index (χ4n) is 3.00. The quantitative estimate of drug-likeness (QED) is 0.402. The second-order valence-corrected chi connectivity index (χ2v) is 7.41. The minimum Gasteiger partial charge on any atom is -0.490 e. The Morgan fingerprint density at radius 3 is 2.55 bits per heavy atom. The van der Waals surface area contributed by atoms with E-state index in [1.165, 1.54) is 5.01 Å². The lowest BCUT2D eigenvalue weighted by Gasteiger charge is -2.14. The summed E-state index contributed by atoms with van der Waals surface area (Å²) in [6, 6.07) is 12.8. The number of amides is 1. The van der Waals surface area contributed by atoms with Crippen LogP contribution in [0, 0.1) is 0 Å². The zero-order valence-corrected chi connectivity index (χ0v) is 19.1. The fourth-order valence-corrected chi connectivity index (χ4v) is 3.58. The molecule has 162 valence electrons. The molecule has 0 aliphatic carbocycles. The predicted octanol–water partition coefficient (Wildman–Crippen LogP) is 4.60. The second kappa shape index (κ2) is 10.3. The highest BCUT2D eigenvalue weighted by Crippen LogP contribution is 2.38. The number of esters is 1. The summed E-state index contributed by atoms with van der Waals surface area (Å²) in [4.78, 5) is 24.6. The smallest absolute Gasteiger partial charge is 0.344 e. The number of hydrogen-bond acceptors (Lipinski definition) is 6. The molecule has 0 radical (unpaired) electrons. The van der Waals surface area contributed by atoms with Crippen LogP contribution >= 0.6 is 15.9 Å². The Bertz CT molecular complexity index is 1030. The third-order valence-electron chi connectivity index (χ3n) is 4.35. The molecular formula is C23H23BrN2O5. The van der Waals surface area contributed by atoms with Gasteiger partial charge in [0, 0.05) is 0 Å². The topological polar surface area (TPSA) is 77.4 Å². The highest BCUT2D eigenvalue weighted by Gasteiger charge is 2.28. The highest BCUT2D eigenvalue weighted by molar-refractivity contribution is 9.10. The molecule has 0 saturated carbocycles. The van der Waals surface area contributed by atoms with Crippen LogP contribution in [-0.4, -0.2) is 37.4 Å². The van der Waals surface area contributed by atoms with E-state index in [1.54, 1.807) is 32.1 Å². The number of rotatable bonds is 8. The van der Waals surface area contributed by atoms with Crippen molar-refractivity contribution in [2.24, 2.45) is 5.10 Å². The number of hydrazone groups is 1. The van der Waals surface area contributed by atoms with E-state index in [1.807, 2.05) is 37.3 Å². The second-order valence-electron chi connectivity index (χ2n) is 6.55. The van der Waals surface area contributed by atoms with Crippen molar-refractivity contribution in [1.29, 1.82) is 0 Å². The summed E-state index contributed by atoms with van der Waals surface area (Å²) in [5.41, 5.74) is 2.53. The normalized spacial score (nSPS) is 14.6. The first kappa shape index (κ1) is 22.6. The van der Waals surface area contributed by atoms with Gasteiger partial charge in [-0.25, -0.2) is 4.79 Å². The molecule has 0 bridgehead atoms. The number of carbonyl (C=O) groups excluding carboxylic acids is 2. The van der Waals surface area contributed by atoms with E-state index in [2.05, 4.69) is 21.0 Å². The molecule has 0 N–H and O–H groups in total. The van der Waals surface area contributed by atoms with Crippen molar-refractivity contribution in [3.05, 3.63) is 58.1 Å². The first-order chi connectivity index (χ1) is 14.9. The average Bonchev–Trinajstić information content (AvgIpc) is 3.02. The Balaban J connectivity index is 1.89. The van der Waals surface area contributed by atoms with Crippen molar-refractivity contribution in [2.75, 3.05) is 24.8 Å². The van der Waals surface area contributed by atoms with Crippen LogP contribution in [0.3, 0.4) is 0 Å². The van der Waals surface area contributed by atoms with Crippen LogP contribution in [0.1, 0.15) is 26.3 Å². The number of ether oxygens (including phenoxy) is 3. The number of hydrogen-bond donors (Lipinski definition) is 0. The van der Waals surface area contributed by atoms with Crippen molar-refractivity contribution in [3.63, 3.8) is 0 Å². The van der Waals surface area contributed by atoms with Crippen LogP contribution in [0.4, 0.5) is 5.69 Å². The van der Waals surface area contributed by atoms with Gasteiger partial charge in [-0.1, -0.05) is 18.2 Å². The number of anilines is 1. The van der Waals surface area contributed by atoms with Crippen molar-refractivity contribution in [3.8, 4) is 11.5 Å². The van der Waals surface area contributed by atoms with Gasteiger partial charge in [-0.3, -0.25) is 4.79 Å². The zero-order chi connectivity index (χ0) is 22.4. The lowest BCUT2D eigenvalue weighted by atomic mass is 10.1. The zero-order valence-electron chi connectivity index (χ0n) is 17.6. The molecule has 0 atom stereocenters. The molecule has 0 saturated heterocycles. The van der Waals surface area contributed by atoms with Crippen LogP contribution in [0.2, 0.25) is 0 Å². The first-order valence-electron chi connectivity index (χ1n) is 9.86. The number of nitrogens with zero attached hydrogens (tertiary/aromatic N) is 2. The van der Waals surface area contributed by atoms with Crippen molar-refractivity contribution in [1.82, 2.24) is 0 Å². The van der Waals surface area contributed by atoms with E-state index in [0.717, 1.165) is 5.56 Å². The molecule has 31 heavy (non-hydrogen) atoms. The van der Waals surface area contributed by atoms with Crippen LogP contribution in [-0.2, 0) is 14.3 Å². The molecule has 1 heterocycles. The number of carbonyl (C=O) groups is 2. The third kappa shape index (κ3) is 5.32. The van der Waals surface area contributed by atoms with Gasteiger partial charge in [-0.2, -0.15) is 10.1 Å². The maximum absolute atomic E-state index is 12.9. The minimum absolute atomic E-state index is 0.208. The van der Waals surface area contributed by atoms with Gasteiger partial charge < -0.3 is 14.2 Å². The molecule has 0 aromatic heterocycles. The van der Waals surface area contributed by atoms with Crippen molar-refractivity contribution >= 4 is 45.3 Å². The molecule has 0 fully saturated rings. The summed E-state index contributed by atoms with van der Waals surface area (Å²) >= 11 is 3.47. The fraction of sp³-hybridized carbons (Fsp3) is 0.261. The molecule has 1 amide bonds. The Hall–Kier alpha value is -3.13. The Kier molecular flexibility index (Phi) is 7.46. The number of halogens is 1. The number of benzene rings is 2. The summed E-state index contributed by atoms with van der Waals surface area (Å²) in [5.74, 6) is 0.173. The van der Waals surface area contributed by atoms with Gasteiger partial charge in [0.15, 0.2) is 18.1 Å². The van der Waals surface area contributed by atoms with E-state index in [4.69, 9.17) is 14.2 Å². The average molecular weight is 487 g/mol. The lowest BCUT2D eigenvalue weighted by molar-refractivity contribution is -0.145. The SMILES string of the molecule is CCOC(=O)COc1c(Br)cc(C=C2C(=O)N(c3ccccc3)N=C2C)cc1OCC. The molecule has 2 aromatic rings. The third-order valence-corrected chi connectivity index (χ3v) is 4.93. The first-order valence-corrected chi connectivity index (χ1v) is 10.6. The van der Waals surface area contributed by atoms with E-state index < -0.39 is 5.97 Å². The van der Waals surface area contributed by atoms with Gasteiger partial charge in [0.2, 0.25) is 0 Å². The van der Waals surface area contributed by atoms with Crippen LogP contribution in [0.5, 0.6) is 11.5 Å². The Morgan fingerprint density at radius 1 is 1.13 bits per heavy atom.